The molecule has 0 saturated heterocycles. The van der Waals surface area contributed by atoms with Crippen LogP contribution in [0.5, 0.6) is 5.75 Å². The van der Waals surface area contributed by atoms with Crippen molar-refractivity contribution in [3.63, 3.8) is 0 Å². The van der Waals surface area contributed by atoms with Gasteiger partial charge in [-0.2, -0.15) is 5.10 Å². The van der Waals surface area contributed by atoms with Gasteiger partial charge in [0.1, 0.15) is 5.75 Å². The Bertz CT molecular complexity index is 940. The van der Waals surface area contributed by atoms with Gasteiger partial charge in [-0.3, -0.25) is 4.79 Å². The fraction of sp³-hybridized carbons (Fsp3) is 0.417. The van der Waals surface area contributed by atoms with Crippen LogP contribution in [-0.2, 0) is 4.79 Å². The van der Waals surface area contributed by atoms with Crippen molar-refractivity contribution in [2.24, 2.45) is 5.10 Å². The summed E-state index contributed by atoms with van der Waals surface area (Å²) in [7, 11) is 0. The summed E-state index contributed by atoms with van der Waals surface area (Å²) in [4.78, 5) is 14.5. The first-order chi connectivity index (χ1) is 14.2. The number of hydrogen-bond donors (Lipinski definition) is 1. The van der Waals surface area contributed by atoms with E-state index in [0.717, 1.165) is 16.5 Å². The van der Waals surface area contributed by atoms with Gasteiger partial charge in [0.2, 0.25) is 0 Å². The van der Waals surface area contributed by atoms with Crippen LogP contribution in [0.4, 0.5) is 5.69 Å². The lowest BCUT2D eigenvalue weighted by atomic mass is 9.79. The lowest BCUT2D eigenvalue weighted by Crippen LogP contribution is -2.51. The standard InChI is InChI=1S/C24H30BrN3O2/c1-16(2)28-22-10-9-18(11-21(22)17(3)13-24(28,4)5)14-26-27-23(29)15-30-20-8-6-7-19(25)12-20/h6-12,14,16-17H,13,15H2,1-5H3,(H,27,29)/b26-14+/t17-/m1/s1. The van der Waals surface area contributed by atoms with Crippen molar-refractivity contribution in [1.29, 1.82) is 0 Å². The molecule has 2 aromatic rings. The van der Waals surface area contributed by atoms with E-state index in [2.05, 4.69) is 84.2 Å². The maximum atomic E-state index is 12.0. The summed E-state index contributed by atoms with van der Waals surface area (Å²) in [5.41, 5.74) is 6.24. The Balaban J connectivity index is 1.64. The predicted molar refractivity (Wildman–Crippen MR) is 127 cm³/mol. The Kier molecular flexibility index (Phi) is 6.86. The van der Waals surface area contributed by atoms with Crippen LogP contribution >= 0.6 is 15.9 Å². The number of amides is 1. The fourth-order valence-electron chi connectivity index (χ4n) is 4.44. The molecule has 0 spiro atoms. The highest BCUT2D eigenvalue weighted by molar-refractivity contribution is 9.10. The van der Waals surface area contributed by atoms with Gasteiger partial charge in [0.15, 0.2) is 6.61 Å². The van der Waals surface area contributed by atoms with Gasteiger partial charge in [-0.25, -0.2) is 5.43 Å². The number of hydrazone groups is 1. The molecule has 30 heavy (non-hydrogen) atoms. The SMILES string of the molecule is CC(C)N1c2ccc(/C=N/NC(=O)COc3cccc(Br)c3)cc2[C@H](C)CC1(C)C. The molecule has 0 radical (unpaired) electrons. The number of anilines is 1. The molecule has 0 bridgehead atoms. The average molecular weight is 472 g/mol. The third kappa shape index (κ3) is 5.22. The minimum atomic E-state index is -0.301. The van der Waals surface area contributed by atoms with Crippen LogP contribution in [0.1, 0.15) is 58.1 Å². The topological polar surface area (TPSA) is 53.9 Å². The maximum Gasteiger partial charge on any atom is 0.277 e. The Hall–Kier alpha value is -2.34. The van der Waals surface area contributed by atoms with Gasteiger partial charge in [0.05, 0.1) is 6.21 Å². The number of benzene rings is 2. The largest absolute Gasteiger partial charge is 0.484 e. The summed E-state index contributed by atoms with van der Waals surface area (Å²) in [5, 5.41) is 4.10. The normalized spacial score (nSPS) is 17.8. The molecule has 1 amide bonds. The van der Waals surface area contributed by atoms with E-state index in [1.54, 1.807) is 12.3 Å². The van der Waals surface area contributed by atoms with Crippen molar-refractivity contribution in [2.45, 2.75) is 58.5 Å². The highest BCUT2D eigenvalue weighted by atomic mass is 79.9. The summed E-state index contributed by atoms with van der Waals surface area (Å²) in [5.74, 6) is 0.793. The Morgan fingerprint density at radius 2 is 2.10 bits per heavy atom. The molecule has 1 aliphatic rings. The minimum Gasteiger partial charge on any atom is -0.484 e. The molecule has 2 aromatic carbocycles. The van der Waals surface area contributed by atoms with E-state index < -0.39 is 0 Å². The van der Waals surface area contributed by atoms with Gasteiger partial charge >= 0.3 is 0 Å². The molecular weight excluding hydrogens is 442 g/mol. The quantitative estimate of drug-likeness (QED) is 0.448. The Labute approximate surface area is 187 Å². The summed E-state index contributed by atoms with van der Waals surface area (Å²) < 4.78 is 6.37. The number of ether oxygens (including phenoxy) is 1. The third-order valence-electron chi connectivity index (χ3n) is 5.39. The lowest BCUT2D eigenvalue weighted by molar-refractivity contribution is -0.123. The summed E-state index contributed by atoms with van der Waals surface area (Å²) in [6.45, 7) is 11.3. The number of fused-ring (bicyclic) bond motifs is 1. The highest BCUT2D eigenvalue weighted by Crippen LogP contribution is 2.44. The molecule has 0 saturated carbocycles. The second-order valence-electron chi connectivity index (χ2n) is 8.74. The number of carbonyl (C=O) groups excluding carboxylic acids is 1. The Morgan fingerprint density at radius 3 is 2.80 bits per heavy atom. The van der Waals surface area contributed by atoms with Gasteiger partial charge in [0.25, 0.3) is 5.91 Å². The second kappa shape index (κ2) is 9.21. The molecular formula is C24H30BrN3O2. The first-order valence-electron chi connectivity index (χ1n) is 10.3. The van der Waals surface area contributed by atoms with Crippen LogP contribution in [0.25, 0.3) is 0 Å². The number of hydrogen-bond acceptors (Lipinski definition) is 4. The van der Waals surface area contributed by atoms with Crippen LogP contribution in [0.2, 0.25) is 0 Å². The van der Waals surface area contributed by atoms with Gasteiger partial charge in [-0.05, 0) is 81.5 Å². The van der Waals surface area contributed by atoms with E-state index in [4.69, 9.17) is 4.74 Å². The van der Waals surface area contributed by atoms with E-state index >= 15 is 0 Å². The molecule has 3 rings (SSSR count). The zero-order chi connectivity index (χ0) is 21.9. The van der Waals surface area contributed by atoms with Gasteiger partial charge in [-0.1, -0.05) is 35.0 Å². The molecule has 160 valence electrons. The van der Waals surface area contributed by atoms with E-state index in [9.17, 15) is 4.79 Å². The van der Waals surface area contributed by atoms with E-state index in [1.807, 2.05) is 18.2 Å². The number of carbonyl (C=O) groups is 1. The number of nitrogens with zero attached hydrogens (tertiary/aromatic N) is 2. The van der Waals surface area contributed by atoms with E-state index in [0.29, 0.717) is 17.7 Å². The van der Waals surface area contributed by atoms with Gasteiger partial charge in [-0.15, -0.1) is 0 Å². The average Bonchev–Trinajstić information content (AvgIpc) is 2.66. The summed E-state index contributed by atoms with van der Waals surface area (Å²) >= 11 is 3.38. The highest BCUT2D eigenvalue weighted by Gasteiger charge is 2.37. The minimum absolute atomic E-state index is 0.0898. The molecule has 0 aromatic heterocycles. The first-order valence-corrected chi connectivity index (χ1v) is 11.1. The molecule has 1 aliphatic heterocycles. The molecule has 6 heteroatoms. The molecule has 1 heterocycles. The number of rotatable bonds is 6. The molecule has 1 N–H and O–H groups in total. The smallest absolute Gasteiger partial charge is 0.277 e. The molecule has 0 unspecified atom stereocenters. The zero-order valence-electron chi connectivity index (χ0n) is 18.3. The summed E-state index contributed by atoms with van der Waals surface area (Å²) in [6.07, 6.45) is 2.78. The number of halogens is 1. The monoisotopic (exact) mass is 471 g/mol. The van der Waals surface area contributed by atoms with Crippen LogP contribution in [0, 0.1) is 0 Å². The second-order valence-corrected chi connectivity index (χ2v) is 9.65. The van der Waals surface area contributed by atoms with Crippen LogP contribution in [0.3, 0.4) is 0 Å². The van der Waals surface area contributed by atoms with Crippen molar-refractivity contribution >= 4 is 33.7 Å². The van der Waals surface area contributed by atoms with Crippen molar-refractivity contribution in [1.82, 2.24) is 5.43 Å². The van der Waals surface area contributed by atoms with Crippen molar-refractivity contribution in [3.05, 3.63) is 58.1 Å². The van der Waals surface area contributed by atoms with Crippen LogP contribution < -0.4 is 15.1 Å². The Morgan fingerprint density at radius 1 is 1.33 bits per heavy atom. The molecule has 0 fully saturated rings. The maximum absolute atomic E-state index is 12.0. The third-order valence-corrected chi connectivity index (χ3v) is 5.88. The molecule has 5 nitrogen and oxygen atoms in total. The zero-order valence-corrected chi connectivity index (χ0v) is 19.9. The van der Waals surface area contributed by atoms with Crippen molar-refractivity contribution in [3.8, 4) is 5.75 Å². The van der Waals surface area contributed by atoms with E-state index in [1.165, 1.54) is 11.3 Å². The lowest BCUT2D eigenvalue weighted by Gasteiger charge is -2.50. The first kappa shape index (κ1) is 22.3. The molecule has 0 aliphatic carbocycles. The molecule has 1 atom stereocenters. The van der Waals surface area contributed by atoms with Gasteiger partial charge < -0.3 is 9.64 Å². The number of nitrogens with one attached hydrogen (secondary N) is 1. The van der Waals surface area contributed by atoms with Crippen LogP contribution in [0.15, 0.2) is 52.0 Å². The summed E-state index contributed by atoms with van der Waals surface area (Å²) in [6, 6.07) is 14.2. The predicted octanol–water partition coefficient (Wildman–Crippen LogP) is 5.48. The van der Waals surface area contributed by atoms with Crippen LogP contribution in [-0.4, -0.2) is 30.3 Å². The van der Waals surface area contributed by atoms with E-state index in [-0.39, 0.29) is 18.1 Å². The van der Waals surface area contributed by atoms with Crippen molar-refractivity contribution < 1.29 is 9.53 Å². The van der Waals surface area contributed by atoms with Crippen molar-refractivity contribution in [2.75, 3.05) is 11.5 Å². The fourth-order valence-corrected chi connectivity index (χ4v) is 4.82. The van der Waals surface area contributed by atoms with Gasteiger partial charge in [0, 0.05) is 21.7 Å².